The van der Waals surface area contributed by atoms with E-state index < -0.39 is 17.7 Å². The molecule has 0 bridgehead atoms. The van der Waals surface area contributed by atoms with Gasteiger partial charge in [0.25, 0.3) is 5.91 Å². The van der Waals surface area contributed by atoms with Gasteiger partial charge in [0.15, 0.2) is 6.61 Å². The van der Waals surface area contributed by atoms with Crippen molar-refractivity contribution >= 4 is 23.4 Å². The summed E-state index contributed by atoms with van der Waals surface area (Å²) in [6.45, 7) is 7.93. The number of carbonyl (C=O) groups excluding carboxylic acids is 3. The van der Waals surface area contributed by atoms with E-state index in [1.807, 2.05) is 24.5 Å². The molecule has 0 heterocycles. The second-order valence-corrected chi connectivity index (χ2v) is 7.39. The Balaban J connectivity index is 1.74. The molecule has 3 N–H and O–H groups in total. The zero-order chi connectivity index (χ0) is 20.7. The molecule has 3 amide bonds. The average Bonchev–Trinajstić information content (AvgIpc) is 2.65. The van der Waals surface area contributed by atoms with Crippen molar-refractivity contribution in [2.45, 2.75) is 33.1 Å². The first kappa shape index (κ1) is 21.0. The zero-order valence-electron chi connectivity index (χ0n) is 16.5. The van der Waals surface area contributed by atoms with Crippen molar-refractivity contribution in [3.63, 3.8) is 0 Å². The largest absolute Gasteiger partial charge is 0.484 e. The average molecular weight is 383 g/mol. The number of anilines is 1. The first-order valence-electron chi connectivity index (χ1n) is 8.85. The fraction of sp³-hybridized carbons (Fsp3) is 0.286. The van der Waals surface area contributed by atoms with Crippen LogP contribution in [0.5, 0.6) is 5.75 Å². The number of amides is 3. The molecule has 148 valence electrons. The minimum absolute atomic E-state index is 0.0271. The molecule has 2 aromatic rings. The van der Waals surface area contributed by atoms with E-state index in [0.717, 1.165) is 11.1 Å². The van der Waals surface area contributed by atoms with Crippen LogP contribution in [-0.2, 0) is 19.8 Å². The third kappa shape index (κ3) is 6.42. The van der Waals surface area contributed by atoms with E-state index in [-0.39, 0.29) is 12.0 Å². The standard InChI is InChI=1S/C21H25N3O4/c1-14-5-9-16(10-6-14)22-19(26)20(27)24-23-18(25)13-28-17-11-7-15(8-12-17)21(2,3)4/h5-12H,13H2,1-4H3,(H,22,26)(H,23,25)(H,24,27). The summed E-state index contributed by atoms with van der Waals surface area (Å²) in [6.07, 6.45) is 0. The van der Waals surface area contributed by atoms with Gasteiger partial charge < -0.3 is 10.1 Å². The summed E-state index contributed by atoms with van der Waals surface area (Å²) in [4.78, 5) is 35.3. The number of nitrogens with one attached hydrogen (secondary N) is 3. The van der Waals surface area contributed by atoms with Gasteiger partial charge in [-0.15, -0.1) is 0 Å². The van der Waals surface area contributed by atoms with Crippen molar-refractivity contribution in [2.24, 2.45) is 0 Å². The quantitative estimate of drug-likeness (QED) is 0.558. The van der Waals surface area contributed by atoms with Gasteiger partial charge in [0.2, 0.25) is 0 Å². The summed E-state index contributed by atoms with van der Waals surface area (Å²) < 4.78 is 5.37. The van der Waals surface area contributed by atoms with Crippen LogP contribution >= 0.6 is 0 Å². The van der Waals surface area contributed by atoms with Gasteiger partial charge in [-0.05, 0) is 42.2 Å². The molecule has 0 saturated carbocycles. The SMILES string of the molecule is Cc1ccc(NC(=O)C(=O)NNC(=O)COc2ccc(C(C)(C)C)cc2)cc1. The molecule has 0 unspecified atom stereocenters. The van der Waals surface area contributed by atoms with E-state index >= 15 is 0 Å². The maximum absolute atomic E-state index is 11.8. The molecule has 0 saturated heterocycles. The van der Waals surface area contributed by atoms with Gasteiger partial charge in [0, 0.05) is 5.69 Å². The van der Waals surface area contributed by atoms with Crippen LogP contribution in [0.15, 0.2) is 48.5 Å². The van der Waals surface area contributed by atoms with E-state index in [9.17, 15) is 14.4 Å². The van der Waals surface area contributed by atoms with Crippen molar-refractivity contribution in [3.8, 4) is 5.75 Å². The van der Waals surface area contributed by atoms with Crippen LogP contribution in [0.1, 0.15) is 31.9 Å². The van der Waals surface area contributed by atoms with E-state index in [1.165, 1.54) is 0 Å². The maximum atomic E-state index is 11.8. The second-order valence-electron chi connectivity index (χ2n) is 7.39. The fourth-order valence-electron chi connectivity index (χ4n) is 2.24. The minimum atomic E-state index is -0.983. The number of hydrogen-bond acceptors (Lipinski definition) is 4. The first-order chi connectivity index (χ1) is 13.1. The Hall–Kier alpha value is -3.35. The lowest BCUT2D eigenvalue weighted by atomic mass is 9.87. The summed E-state index contributed by atoms with van der Waals surface area (Å²) in [6, 6.07) is 14.4. The molecule has 0 aliphatic heterocycles. The topological polar surface area (TPSA) is 96.5 Å². The third-order valence-electron chi connectivity index (χ3n) is 3.92. The summed E-state index contributed by atoms with van der Waals surface area (Å²) in [5, 5.41) is 2.43. The van der Waals surface area contributed by atoms with Gasteiger partial charge in [-0.25, -0.2) is 0 Å². The predicted molar refractivity (Wildman–Crippen MR) is 107 cm³/mol. The van der Waals surface area contributed by atoms with Crippen LogP contribution in [0.25, 0.3) is 0 Å². The zero-order valence-corrected chi connectivity index (χ0v) is 16.5. The predicted octanol–water partition coefficient (Wildman–Crippen LogP) is 2.46. The number of hydrogen-bond donors (Lipinski definition) is 3. The molecule has 0 spiro atoms. The molecule has 0 aliphatic carbocycles. The second kappa shape index (κ2) is 9.03. The Morgan fingerprint density at radius 1 is 0.857 bits per heavy atom. The molecular formula is C21H25N3O4. The highest BCUT2D eigenvalue weighted by atomic mass is 16.5. The van der Waals surface area contributed by atoms with Crippen molar-refractivity contribution in [2.75, 3.05) is 11.9 Å². The van der Waals surface area contributed by atoms with Crippen molar-refractivity contribution < 1.29 is 19.1 Å². The number of hydrazine groups is 1. The highest BCUT2D eigenvalue weighted by Crippen LogP contribution is 2.24. The van der Waals surface area contributed by atoms with Crippen LogP contribution in [-0.4, -0.2) is 24.3 Å². The molecular weight excluding hydrogens is 358 g/mol. The normalized spacial score (nSPS) is 10.7. The molecule has 0 aliphatic rings. The number of aryl methyl sites for hydroxylation is 1. The van der Waals surface area contributed by atoms with Crippen molar-refractivity contribution in [1.29, 1.82) is 0 Å². The minimum Gasteiger partial charge on any atom is -0.484 e. The Bertz CT molecular complexity index is 837. The van der Waals surface area contributed by atoms with Crippen LogP contribution in [0.2, 0.25) is 0 Å². The van der Waals surface area contributed by atoms with Gasteiger partial charge in [0.05, 0.1) is 0 Å². The van der Waals surface area contributed by atoms with Crippen LogP contribution < -0.4 is 20.9 Å². The Morgan fingerprint density at radius 2 is 1.46 bits per heavy atom. The van der Waals surface area contributed by atoms with Gasteiger partial charge >= 0.3 is 11.8 Å². The third-order valence-corrected chi connectivity index (χ3v) is 3.92. The van der Waals surface area contributed by atoms with E-state index in [4.69, 9.17) is 4.74 Å². The van der Waals surface area contributed by atoms with Crippen molar-refractivity contribution in [1.82, 2.24) is 10.9 Å². The molecule has 7 nitrogen and oxygen atoms in total. The highest BCUT2D eigenvalue weighted by molar-refractivity contribution is 6.39. The summed E-state index contributed by atoms with van der Waals surface area (Å²) in [7, 11) is 0. The summed E-state index contributed by atoms with van der Waals surface area (Å²) >= 11 is 0. The van der Waals surface area contributed by atoms with E-state index in [0.29, 0.717) is 11.4 Å². The van der Waals surface area contributed by atoms with Crippen LogP contribution in [0, 0.1) is 6.92 Å². The molecule has 7 heteroatoms. The molecule has 28 heavy (non-hydrogen) atoms. The lowest BCUT2D eigenvalue weighted by Crippen LogP contribution is -2.48. The summed E-state index contributed by atoms with van der Waals surface area (Å²) in [5.41, 5.74) is 6.88. The number of carbonyl (C=O) groups is 3. The Morgan fingerprint density at radius 3 is 2.04 bits per heavy atom. The first-order valence-corrected chi connectivity index (χ1v) is 8.85. The number of rotatable bonds is 4. The highest BCUT2D eigenvalue weighted by Gasteiger charge is 2.15. The molecule has 2 rings (SSSR count). The number of benzene rings is 2. The molecule has 0 radical (unpaired) electrons. The molecule has 0 atom stereocenters. The molecule has 0 fully saturated rings. The van der Waals surface area contributed by atoms with Gasteiger partial charge in [-0.1, -0.05) is 50.6 Å². The van der Waals surface area contributed by atoms with Crippen molar-refractivity contribution in [3.05, 3.63) is 59.7 Å². The van der Waals surface area contributed by atoms with Gasteiger partial charge in [0.1, 0.15) is 5.75 Å². The van der Waals surface area contributed by atoms with Gasteiger partial charge in [-0.3, -0.25) is 25.2 Å². The van der Waals surface area contributed by atoms with Gasteiger partial charge in [-0.2, -0.15) is 0 Å². The Kier molecular flexibility index (Phi) is 6.76. The maximum Gasteiger partial charge on any atom is 0.328 e. The lowest BCUT2D eigenvalue weighted by molar-refractivity contribution is -0.138. The van der Waals surface area contributed by atoms with Crippen LogP contribution in [0.4, 0.5) is 5.69 Å². The van der Waals surface area contributed by atoms with E-state index in [1.54, 1.807) is 36.4 Å². The lowest BCUT2D eigenvalue weighted by Gasteiger charge is -2.19. The number of ether oxygens (including phenoxy) is 1. The van der Waals surface area contributed by atoms with E-state index in [2.05, 4.69) is 31.5 Å². The monoisotopic (exact) mass is 383 g/mol. The summed E-state index contributed by atoms with van der Waals surface area (Å²) in [5.74, 6) is -1.92. The molecule has 2 aromatic carbocycles. The smallest absolute Gasteiger partial charge is 0.328 e. The Labute approximate surface area is 164 Å². The molecule has 0 aromatic heterocycles. The fourth-order valence-corrected chi connectivity index (χ4v) is 2.24. The van der Waals surface area contributed by atoms with Crippen LogP contribution in [0.3, 0.4) is 0 Å².